The lowest BCUT2D eigenvalue weighted by molar-refractivity contribution is 0.438. The molecule has 4 nitrogen and oxygen atoms in total. The van der Waals surface area contributed by atoms with Crippen molar-refractivity contribution in [3.05, 3.63) is 23.7 Å². The number of hydrogen-bond acceptors (Lipinski definition) is 3. The van der Waals surface area contributed by atoms with Crippen molar-refractivity contribution < 1.29 is 12.8 Å². The van der Waals surface area contributed by atoms with Crippen LogP contribution in [0.15, 0.2) is 16.7 Å². The van der Waals surface area contributed by atoms with Gasteiger partial charge in [0, 0.05) is 12.0 Å². The molecule has 0 aliphatic heterocycles. The first kappa shape index (κ1) is 10.7. The Hall–Kier alpha value is -0.810. The summed E-state index contributed by atoms with van der Waals surface area (Å²) in [5, 5.41) is 0. The summed E-state index contributed by atoms with van der Waals surface area (Å²) in [5.41, 5.74) is 0.998. The van der Waals surface area contributed by atoms with Crippen molar-refractivity contribution in [3.63, 3.8) is 0 Å². The molecule has 0 spiro atoms. The lowest BCUT2D eigenvalue weighted by atomic mass is 9.94. The SMILES string of the molecule is CCS(=O)(=O)NC1CCCc2occc21. The second-order valence-corrected chi connectivity index (χ2v) is 5.81. The van der Waals surface area contributed by atoms with Crippen LogP contribution < -0.4 is 4.72 Å². The maximum absolute atomic E-state index is 11.5. The van der Waals surface area contributed by atoms with E-state index in [0.29, 0.717) is 0 Å². The van der Waals surface area contributed by atoms with Gasteiger partial charge in [-0.05, 0) is 25.8 Å². The number of rotatable bonds is 3. The molecular weight excluding hydrogens is 214 g/mol. The van der Waals surface area contributed by atoms with Crippen LogP contribution in [0, 0.1) is 0 Å². The van der Waals surface area contributed by atoms with Crippen molar-refractivity contribution >= 4 is 10.0 Å². The first-order valence-electron chi connectivity index (χ1n) is 5.18. The Morgan fingerprint density at radius 3 is 3.13 bits per heavy atom. The molecule has 0 fully saturated rings. The number of hydrogen-bond donors (Lipinski definition) is 1. The molecule has 0 saturated heterocycles. The van der Waals surface area contributed by atoms with E-state index in [4.69, 9.17) is 4.42 Å². The van der Waals surface area contributed by atoms with Crippen LogP contribution in [0.25, 0.3) is 0 Å². The minimum absolute atomic E-state index is 0.0996. The van der Waals surface area contributed by atoms with Crippen LogP contribution in [0.1, 0.15) is 37.1 Å². The van der Waals surface area contributed by atoms with E-state index in [9.17, 15) is 8.42 Å². The molecule has 0 amide bonds. The van der Waals surface area contributed by atoms with Gasteiger partial charge < -0.3 is 4.42 Å². The second kappa shape index (κ2) is 3.98. The summed E-state index contributed by atoms with van der Waals surface area (Å²) in [6.45, 7) is 1.64. The predicted molar refractivity (Wildman–Crippen MR) is 57.0 cm³/mol. The highest BCUT2D eigenvalue weighted by molar-refractivity contribution is 7.89. The summed E-state index contributed by atoms with van der Waals surface area (Å²) < 4.78 is 30.9. The first-order valence-corrected chi connectivity index (χ1v) is 6.84. The molecule has 0 aromatic carbocycles. The molecule has 1 aliphatic carbocycles. The third kappa shape index (κ3) is 2.23. The van der Waals surface area contributed by atoms with Gasteiger partial charge in [0.2, 0.25) is 10.0 Å². The number of furan rings is 1. The van der Waals surface area contributed by atoms with E-state index in [1.165, 1.54) is 0 Å². The van der Waals surface area contributed by atoms with E-state index in [0.717, 1.165) is 30.6 Å². The highest BCUT2D eigenvalue weighted by Gasteiger charge is 2.25. The fourth-order valence-electron chi connectivity index (χ4n) is 1.91. The van der Waals surface area contributed by atoms with Crippen molar-refractivity contribution in [1.82, 2.24) is 4.72 Å². The third-order valence-corrected chi connectivity index (χ3v) is 4.16. The highest BCUT2D eigenvalue weighted by atomic mass is 32.2. The van der Waals surface area contributed by atoms with Gasteiger partial charge in [-0.15, -0.1) is 0 Å². The molecule has 84 valence electrons. The van der Waals surface area contributed by atoms with Crippen LogP contribution in [-0.2, 0) is 16.4 Å². The molecule has 15 heavy (non-hydrogen) atoms. The quantitative estimate of drug-likeness (QED) is 0.856. The fourth-order valence-corrected chi connectivity index (χ4v) is 2.75. The molecule has 1 aromatic rings. The van der Waals surface area contributed by atoms with Crippen LogP contribution in [0.2, 0.25) is 0 Å². The van der Waals surface area contributed by atoms with Crippen molar-refractivity contribution in [3.8, 4) is 0 Å². The maximum Gasteiger partial charge on any atom is 0.211 e. The van der Waals surface area contributed by atoms with E-state index in [1.54, 1.807) is 13.2 Å². The molecule has 0 saturated carbocycles. The number of aryl methyl sites for hydroxylation is 1. The Kier molecular flexibility index (Phi) is 2.84. The number of nitrogens with one attached hydrogen (secondary N) is 1. The number of sulfonamides is 1. The van der Waals surface area contributed by atoms with E-state index in [2.05, 4.69) is 4.72 Å². The van der Waals surface area contributed by atoms with Gasteiger partial charge in [0.25, 0.3) is 0 Å². The fraction of sp³-hybridized carbons (Fsp3) is 0.600. The molecule has 1 aliphatic rings. The number of fused-ring (bicyclic) bond motifs is 1. The van der Waals surface area contributed by atoms with Gasteiger partial charge in [-0.1, -0.05) is 0 Å². The third-order valence-electron chi connectivity index (χ3n) is 2.75. The van der Waals surface area contributed by atoms with E-state index < -0.39 is 10.0 Å². The van der Waals surface area contributed by atoms with Crippen LogP contribution >= 0.6 is 0 Å². The van der Waals surface area contributed by atoms with Crippen molar-refractivity contribution in [2.45, 2.75) is 32.2 Å². The zero-order valence-corrected chi connectivity index (χ0v) is 9.51. The molecule has 2 rings (SSSR count). The lowest BCUT2D eigenvalue weighted by Crippen LogP contribution is -2.31. The van der Waals surface area contributed by atoms with Crippen LogP contribution in [0.3, 0.4) is 0 Å². The van der Waals surface area contributed by atoms with Crippen LogP contribution in [0.5, 0.6) is 0 Å². The van der Waals surface area contributed by atoms with Gasteiger partial charge in [-0.25, -0.2) is 13.1 Å². The summed E-state index contributed by atoms with van der Waals surface area (Å²) in [5.74, 6) is 1.04. The van der Waals surface area contributed by atoms with Crippen LogP contribution in [0.4, 0.5) is 0 Å². The second-order valence-electron chi connectivity index (χ2n) is 3.77. The molecular formula is C10H15NO3S. The molecule has 1 N–H and O–H groups in total. The minimum atomic E-state index is -3.13. The lowest BCUT2D eigenvalue weighted by Gasteiger charge is -2.22. The first-order chi connectivity index (χ1) is 7.12. The highest BCUT2D eigenvalue weighted by Crippen LogP contribution is 2.30. The Labute approximate surface area is 89.7 Å². The monoisotopic (exact) mass is 229 g/mol. The topological polar surface area (TPSA) is 59.3 Å². The molecule has 1 aromatic heterocycles. The van der Waals surface area contributed by atoms with E-state index in [-0.39, 0.29) is 11.8 Å². The minimum Gasteiger partial charge on any atom is -0.469 e. The Morgan fingerprint density at radius 1 is 1.60 bits per heavy atom. The standard InChI is InChI=1S/C10H15NO3S/c1-2-15(12,13)11-9-4-3-5-10-8(9)6-7-14-10/h6-7,9,11H,2-5H2,1H3. The zero-order chi connectivity index (χ0) is 10.9. The summed E-state index contributed by atoms with van der Waals surface area (Å²) >= 11 is 0. The van der Waals surface area contributed by atoms with Gasteiger partial charge in [0.05, 0.1) is 18.1 Å². The molecule has 1 atom stereocenters. The molecule has 0 bridgehead atoms. The van der Waals surface area contributed by atoms with Gasteiger partial charge in [0.1, 0.15) is 5.76 Å². The van der Waals surface area contributed by atoms with Gasteiger partial charge in [-0.2, -0.15) is 0 Å². The maximum atomic E-state index is 11.5. The average molecular weight is 229 g/mol. The molecule has 1 heterocycles. The largest absolute Gasteiger partial charge is 0.469 e. The van der Waals surface area contributed by atoms with Crippen LogP contribution in [-0.4, -0.2) is 14.2 Å². The molecule has 5 heteroatoms. The average Bonchev–Trinajstić information content (AvgIpc) is 2.66. The predicted octanol–water partition coefficient (Wildman–Crippen LogP) is 1.60. The smallest absolute Gasteiger partial charge is 0.211 e. The zero-order valence-electron chi connectivity index (χ0n) is 8.69. The van der Waals surface area contributed by atoms with E-state index >= 15 is 0 Å². The van der Waals surface area contributed by atoms with Crippen molar-refractivity contribution in [2.24, 2.45) is 0 Å². The molecule has 1 unspecified atom stereocenters. The Morgan fingerprint density at radius 2 is 2.40 bits per heavy atom. The summed E-state index contributed by atoms with van der Waals surface area (Å²) in [7, 11) is -3.13. The van der Waals surface area contributed by atoms with Gasteiger partial charge in [0.15, 0.2) is 0 Å². The molecule has 0 radical (unpaired) electrons. The summed E-state index contributed by atoms with van der Waals surface area (Å²) in [6, 6.07) is 1.76. The summed E-state index contributed by atoms with van der Waals surface area (Å²) in [6.07, 6.45) is 4.36. The van der Waals surface area contributed by atoms with Gasteiger partial charge >= 0.3 is 0 Å². The Balaban J connectivity index is 2.20. The summed E-state index contributed by atoms with van der Waals surface area (Å²) in [4.78, 5) is 0. The van der Waals surface area contributed by atoms with Crippen molar-refractivity contribution in [2.75, 3.05) is 5.75 Å². The van der Waals surface area contributed by atoms with E-state index in [1.807, 2.05) is 6.07 Å². The van der Waals surface area contributed by atoms with Crippen molar-refractivity contribution in [1.29, 1.82) is 0 Å². The normalized spacial score (nSPS) is 21.3. The van der Waals surface area contributed by atoms with Gasteiger partial charge in [-0.3, -0.25) is 0 Å². The Bertz CT molecular complexity index is 435.